The third-order valence-corrected chi connectivity index (χ3v) is 8.46. The minimum Gasteiger partial charge on any atom is -0.465 e. The van der Waals surface area contributed by atoms with Crippen LogP contribution in [0.1, 0.15) is 128 Å². The van der Waals surface area contributed by atoms with E-state index >= 15 is 8.78 Å². The minimum atomic E-state index is -5.09. The monoisotopic (exact) mass is 652 g/mol. The van der Waals surface area contributed by atoms with Crippen LogP contribution in [0.3, 0.4) is 0 Å². The van der Waals surface area contributed by atoms with E-state index < -0.39 is 29.7 Å². The fourth-order valence-electron chi connectivity index (χ4n) is 3.98. The summed E-state index contributed by atoms with van der Waals surface area (Å²) in [6, 6.07) is 0. The second-order valence-electron chi connectivity index (χ2n) is 10.7. The Morgan fingerprint density at radius 1 is 0.955 bits per heavy atom. The average molecular weight is 653 g/mol. The summed E-state index contributed by atoms with van der Waals surface area (Å²) in [7, 11) is 0. The highest BCUT2D eigenvalue weighted by molar-refractivity contribution is 8.03. The van der Waals surface area contributed by atoms with Crippen molar-refractivity contribution in [2.45, 2.75) is 134 Å². The van der Waals surface area contributed by atoms with Crippen molar-refractivity contribution in [1.82, 2.24) is 0 Å². The van der Waals surface area contributed by atoms with E-state index in [0.29, 0.717) is 18.1 Å². The normalized spacial score (nSPS) is 15.7. The lowest BCUT2D eigenvalue weighted by molar-refractivity contribution is -0.305. The van der Waals surface area contributed by atoms with Gasteiger partial charge in [0.15, 0.2) is 5.83 Å². The molecule has 0 aromatic heterocycles. The van der Waals surface area contributed by atoms with Crippen molar-refractivity contribution < 1.29 is 36.2 Å². The Kier molecular flexibility index (Phi) is 24.3. The summed E-state index contributed by atoms with van der Waals surface area (Å²) < 4.78 is 78.8. The number of hydrogen-bond acceptors (Lipinski definition) is 4. The second-order valence-corrected chi connectivity index (χ2v) is 11.8. The zero-order chi connectivity index (χ0) is 34.5. The van der Waals surface area contributed by atoms with Gasteiger partial charge in [-0.1, -0.05) is 85.8 Å². The molecule has 0 aromatic rings. The first-order chi connectivity index (χ1) is 20.6. The number of ether oxygens (including phenoxy) is 2. The minimum absolute atomic E-state index is 0.0366. The zero-order valence-corrected chi connectivity index (χ0v) is 29.7. The van der Waals surface area contributed by atoms with Gasteiger partial charge in [0.05, 0.1) is 13.0 Å². The van der Waals surface area contributed by atoms with Crippen molar-refractivity contribution in [3.05, 3.63) is 56.8 Å². The van der Waals surface area contributed by atoms with Crippen molar-refractivity contribution in [2.75, 3.05) is 12.4 Å². The molecule has 0 aromatic carbocycles. The van der Waals surface area contributed by atoms with Crippen LogP contribution in [0.15, 0.2) is 56.8 Å². The first kappa shape index (κ1) is 44.1. The van der Waals surface area contributed by atoms with Crippen molar-refractivity contribution in [2.24, 2.45) is 11.8 Å². The summed E-state index contributed by atoms with van der Waals surface area (Å²) in [6.45, 7) is 20.3. The fraction of sp³-hybridized carbons (Fsp3) is 0.686. The fourth-order valence-corrected chi connectivity index (χ4v) is 5.06. The molecule has 0 N–H and O–H groups in total. The number of alkyl halides is 3. The third-order valence-electron chi connectivity index (χ3n) is 7.28. The molecule has 0 fully saturated rings. The van der Waals surface area contributed by atoms with E-state index in [4.69, 9.17) is 4.74 Å². The summed E-state index contributed by atoms with van der Waals surface area (Å²) in [5.41, 5.74) is 1.91. The molecule has 0 aliphatic heterocycles. The van der Waals surface area contributed by atoms with Gasteiger partial charge in [0.1, 0.15) is 11.6 Å². The van der Waals surface area contributed by atoms with Crippen molar-refractivity contribution in [1.29, 1.82) is 0 Å². The molecule has 0 aliphatic carbocycles. The molecular formula is C35H57F5O3S. The highest BCUT2D eigenvalue weighted by Crippen LogP contribution is 2.38. The van der Waals surface area contributed by atoms with Gasteiger partial charge in [0.25, 0.3) is 0 Å². The van der Waals surface area contributed by atoms with Gasteiger partial charge in [-0.3, -0.25) is 4.79 Å². The Morgan fingerprint density at radius 3 is 2.07 bits per heavy atom. The van der Waals surface area contributed by atoms with E-state index in [1.807, 2.05) is 27.7 Å². The highest BCUT2D eigenvalue weighted by Gasteiger charge is 2.33. The van der Waals surface area contributed by atoms with Crippen LogP contribution in [-0.2, 0) is 14.3 Å². The van der Waals surface area contributed by atoms with Gasteiger partial charge < -0.3 is 9.47 Å². The van der Waals surface area contributed by atoms with E-state index in [1.165, 1.54) is 13.0 Å². The average Bonchev–Trinajstić information content (AvgIpc) is 2.97. The molecule has 0 spiro atoms. The highest BCUT2D eigenvalue weighted by atomic mass is 32.2. The van der Waals surface area contributed by atoms with Crippen LogP contribution in [0.25, 0.3) is 0 Å². The molecule has 3 nitrogen and oxygen atoms in total. The lowest BCUT2D eigenvalue weighted by Crippen LogP contribution is -2.14. The molecule has 0 bridgehead atoms. The molecule has 0 aliphatic rings. The Balaban J connectivity index is 0. The van der Waals surface area contributed by atoms with Gasteiger partial charge in [-0.15, -0.1) is 24.9 Å². The molecule has 2 unspecified atom stereocenters. The van der Waals surface area contributed by atoms with Crippen LogP contribution in [-0.4, -0.2) is 24.7 Å². The van der Waals surface area contributed by atoms with Crippen molar-refractivity contribution >= 4 is 17.7 Å². The molecule has 256 valence electrons. The molecule has 0 amide bonds. The Labute approximate surface area is 268 Å². The van der Waals surface area contributed by atoms with Gasteiger partial charge in [0, 0.05) is 10.7 Å². The first-order valence-corrected chi connectivity index (χ1v) is 17.0. The predicted octanol–water partition coefficient (Wildman–Crippen LogP) is 12.9. The van der Waals surface area contributed by atoms with Gasteiger partial charge in [-0.25, -0.2) is 8.78 Å². The van der Waals surface area contributed by atoms with E-state index in [-0.39, 0.29) is 40.6 Å². The number of esters is 1. The van der Waals surface area contributed by atoms with Gasteiger partial charge >= 0.3 is 12.3 Å². The largest absolute Gasteiger partial charge is 0.572 e. The van der Waals surface area contributed by atoms with Crippen LogP contribution in [0.4, 0.5) is 22.0 Å². The van der Waals surface area contributed by atoms with Gasteiger partial charge in [0.2, 0.25) is 0 Å². The summed E-state index contributed by atoms with van der Waals surface area (Å²) in [6.07, 6.45) is 4.22. The third kappa shape index (κ3) is 18.7. The Bertz CT molecular complexity index is 1010. The lowest BCUT2D eigenvalue weighted by Gasteiger charge is -2.17. The summed E-state index contributed by atoms with van der Waals surface area (Å²) in [4.78, 5) is 12.2. The number of halogens is 5. The van der Waals surface area contributed by atoms with E-state index in [0.717, 1.165) is 62.8 Å². The predicted molar refractivity (Wildman–Crippen MR) is 176 cm³/mol. The molecule has 0 saturated carbocycles. The molecule has 2 atom stereocenters. The first-order valence-electron chi connectivity index (χ1n) is 16.0. The van der Waals surface area contributed by atoms with E-state index in [2.05, 4.69) is 31.6 Å². The standard InChI is InChI=1S/C33H51F5O3S.C2H6/c1-10-14-15-27(12-3)21-40-30(39)18-19-42-32(31(35)26(9)41-33(36,37)38)25(8)28(13-4)29(34)20-24(7)23(6)17-16-22(5)11-2;1-2/h17,20,22,27H,10-16,18-19,21H2,1-9H3;1-2H3/b23-17+,24-20+,29-28-,31-26-,32-25-;. The smallest absolute Gasteiger partial charge is 0.465 e. The van der Waals surface area contributed by atoms with Gasteiger partial charge in [-0.05, 0) is 81.6 Å². The maximum Gasteiger partial charge on any atom is 0.572 e. The van der Waals surface area contributed by atoms with Crippen LogP contribution in [0, 0.1) is 11.8 Å². The molecule has 0 saturated heterocycles. The molecular weight excluding hydrogens is 595 g/mol. The number of rotatable bonds is 19. The summed E-state index contributed by atoms with van der Waals surface area (Å²) in [5, 5.41) is 0. The molecule has 9 heteroatoms. The topological polar surface area (TPSA) is 35.5 Å². The number of thioether (sulfide) groups is 1. The number of carbonyl (C=O) groups is 1. The molecule has 0 radical (unpaired) electrons. The van der Waals surface area contributed by atoms with Crippen LogP contribution >= 0.6 is 11.8 Å². The van der Waals surface area contributed by atoms with Crippen molar-refractivity contribution in [3.63, 3.8) is 0 Å². The van der Waals surface area contributed by atoms with Crippen LogP contribution in [0.2, 0.25) is 0 Å². The lowest BCUT2D eigenvalue weighted by atomic mass is 9.98. The number of unbranched alkanes of at least 4 members (excludes halogenated alkanes) is 1. The molecule has 0 heterocycles. The summed E-state index contributed by atoms with van der Waals surface area (Å²) >= 11 is 0.840. The van der Waals surface area contributed by atoms with Crippen LogP contribution < -0.4 is 0 Å². The van der Waals surface area contributed by atoms with Crippen LogP contribution in [0.5, 0.6) is 0 Å². The van der Waals surface area contributed by atoms with Crippen molar-refractivity contribution in [3.8, 4) is 0 Å². The van der Waals surface area contributed by atoms with E-state index in [9.17, 15) is 18.0 Å². The second kappa shape index (κ2) is 24.2. The quantitative estimate of drug-likeness (QED) is 0.0602. The number of allylic oxidation sites excluding steroid dienone is 9. The SMILES string of the molecule is CC.CCCCC(CC)COC(=O)CCSC(=C(C)\C(CC)=C(F)\C=C(C)\C(C)=C\CC(C)CC)/C(F)=C(\C)OC(F)(F)F. The maximum atomic E-state index is 15.5. The number of carbonyl (C=O) groups excluding carboxylic acids is 1. The van der Waals surface area contributed by atoms with E-state index in [1.54, 1.807) is 13.8 Å². The Morgan fingerprint density at radius 2 is 1.57 bits per heavy atom. The molecule has 0 rings (SSSR count). The van der Waals surface area contributed by atoms with Gasteiger partial charge in [-0.2, -0.15) is 0 Å². The summed E-state index contributed by atoms with van der Waals surface area (Å²) in [5.74, 6) is -2.52. The zero-order valence-electron chi connectivity index (χ0n) is 28.9. The maximum absolute atomic E-state index is 15.5. The number of hydrogen-bond donors (Lipinski definition) is 0. The Hall–Kier alpha value is -2.03. The molecule has 44 heavy (non-hydrogen) atoms.